The second-order valence-electron chi connectivity index (χ2n) is 2.43. The van der Waals surface area contributed by atoms with Gasteiger partial charge < -0.3 is 10.4 Å². The molecule has 3 amide bonds. The Balaban J connectivity index is 3.46. The molecular formula is C7H13N3O4. The number of carboxylic acid groups (broad SMARTS) is 1. The van der Waals surface area contributed by atoms with Gasteiger partial charge in [0.2, 0.25) is 11.8 Å². The smallest absolute Gasteiger partial charge is 0.404 e. The van der Waals surface area contributed by atoms with E-state index in [2.05, 4.69) is 10.9 Å². The molecule has 0 aromatic heterocycles. The van der Waals surface area contributed by atoms with Crippen LogP contribution in [-0.4, -0.2) is 29.6 Å². The molecule has 0 aromatic rings. The maximum atomic E-state index is 10.9. The minimum absolute atomic E-state index is 0.0170. The molecule has 0 saturated carbocycles. The van der Waals surface area contributed by atoms with Crippen LogP contribution in [0.2, 0.25) is 0 Å². The van der Waals surface area contributed by atoms with Crippen LogP contribution in [-0.2, 0) is 9.59 Å². The monoisotopic (exact) mass is 203 g/mol. The van der Waals surface area contributed by atoms with Gasteiger partial charge in [0, 0.05) is 19.4 Å². The maximum absolute atomic E-state index is 10.9. The first-order valence-corrected chi connectivity index (χ1v) is 4.10. The molecule has 0 heterocycles. The standard InChI is InChI=1S/C7H13N3O4/c1-2-5(11)9-10-6(12)3-4-8-7(13)14/h8H,2-4H2,1H3,(H,9,11)(H,10,12)(H,13,14). The van der Waals surface area contributed by atoms with Gasteiger partial charge in [-0.15, -0.1) is 0 Å². The Bertz CT molecular complexity index is 229. The Hall–Kier alpha value is -1.79. The number of carbonyl (C=O) groups excluding carboxylic acids is 2. The lowest BCUT2D eigenvalue weighted by Gasteiger charge is -2.05. The van der Waals surface area contributed by atoms with Gasteiger partial charge in [-0.2, -0.15) is 0 Å². The minimum Gasteiger partial charge on any atom is -0.465 e. The molecule has 0 aliphatic heterocycles. The Labute approximate surface area is 80.8 Å². The van der Waals surface area contributed by atoms with Gasteiger partial charge in [-0.3, -0.25) is 20.4 Å². The molecule has 0 radical (unpaired) electrons. The van der Waals surface area contributed by atoms with E-state index in [-0.39, 0.29) is 25.3 Å². The van der Waals surface area contributed by atoms with E-state index < -0.39 is 12.0 Å². The third kappa shape index (κ3) is 6.89. The van der Waals surface area contributed by atoms with Crippen LogP contribution in [0.25, 0.3) is 0 Å². The summed E-state index contributed by atoms with van der Waals surface area (Å²) in [6, 6.07) is 0. The Morgan fingerprint density at radius 3 is 2.21 bits per heavy atom. The highest BCUT2D eigenvalue weighted by Crippen LogP contribution is 1.77. The van der Waals surface area contributed by atoms with Crippen LogP contribution in [0.1, 0.15) is 19.8 Å². The molecule has 7 nitrogen and oxygen atoms in total. The van der Waals surface area contributed by atoms with E-state index in [9.17, 15) is 14.4 Å². The summed E-state index contributed by atoms with van der Waals surface area (Å²) in [5, 5.41) is 10.2. The highest BCUT2D eigenvalue weighted by molar-refractivity contribution is 5.82. The summed E-state index contributed by atoms with van der Waals surface area (Å²) in [5.41, 5.74) is 4.29. The molecule has 80 valence electrons. The van der Waals surface area contributed by atoms with Gasteiger partial charge in [0.25, 0.3) is 0 Å². The minimum atomic E-state index is -1.18. The highest BCUT2D eigenvalue weighted by atomic mass is 16.4. The summed E-state index contributed by atoms with van der Waals surface area (Å²) in [6.07, 6.45) is -0.931. The molecule has 0 atom stereocenters. The summed E-state index contributed by atoms with van der Waals surface area (Å²) in [7, 11) is 0. The third-order valence-electron chi connectivity index (χ3n) is 1.29. The van der Waals surface area contributed by atoms with Gasteiger partial charge in [-0.1, -0.05) is 6.92 Å². The van der Waals surface area contributed by atoms with Crippen molar-refractivity contribution in [3.8, 4) is 0 Å². The zero-order chi connectivity index (χ0) is 11.0. The first-order valence-electron chi connectivity index (χ1n) is 4.10. The third-order valence-corrected chi connectivity index (χ3v) is 1.29. The highest BCUT2D eigenvalue weighted by Gasteiger charge is 2.03. The van der Waals surface area contributed by atoms with Gasteiger partial charge in [-0.25, -0.2) is 4.79 Å². The lowest BCUT2D eigenvalue weighted by atomic mass is 10.4. The van der Waals surface area contributed by atoms with Crippen LogP contribution >= 0.6 is 0 Å². The number of carbonyl (C=O) groups is 3. The first kappa shape index (κ1) is 12.2. The van der Waals surface area contributed by atoms with Crippen molar-refractivity contribution < 1.29 is 19.5 Å². The van der Waals surface area contributed by atoms with Crippen LogP contribution in [0.4, 0.5) is 4.79 Å². The van der Waals surface area contributed by atoms with Gasteiger partial charge in [0.1, 0.15) is 0 Å². The second kappa shape index (κ2) is 6.70. The van der Waals surface area contributed by atoms with Crippen LogP contribution in [0, 0.1) is 0 Å². The average Bonchev–Trinajstić information content (AvgIpc) is 2.13. The lowest BCUT2D eigenvalue weighted by molar-refractivity contribution is -0.128. The zero-order valence-corrected chi connectivity index (χ0v) is 7.79. The number of hydrazine groups is 1. The Morgan fingerprint density at radius 2 is 1.71 bits per heavy atom. The zero-order valence-electron chi connectivity index (χ0n) is 7.79. The molecule has 0 aliphatic rings. The van der Waals surface area contributed by atoms with Crippen molar-refractivity contribution >= 4 is 17.9 Å². The molecule has 0 unspecified atom stereocenters. The van der Waals surface area contributed by atoms with Gasteiger partial charge in [0.05, 0.1) is 0 Å². The van der Waals surface area contributed by atoms with Crippen molar-refractivity contribution in [2.75, 3.05) is 6.54 Å². The summed E-state index contributed by atoms with van der Waals surface area (Å²) < 4.78 is 0. The molecule has 0 bridgehead atoms. The van der Waals surface area contributed by atoms with E-state index >= 15 is 0 Å². The van der Waals surface area contributed by atoms with Crippen molar-refractivity contribution in [2.24, 2.45) is 0 Å². The van der Waals surface area contributed by atoms with Crippen molar-refractivity contribution in [3.05, 3.63) is 0 Å². The van der Waals surface area contributed by atoms with Crippen molar-refractivity contribution in [2.45, 2.75) is 19.8 Å². The van der Waals surface area contributed by atoms with Crippen LogP contribution in [0.15, 0.2) is 0 Å². The molecule has 0 aliphatic carbocycles. The second-order valence-corrected chi connectivity index (χ2v) is 2.43. The fraction of sp³-hybridized carbons (Fsp3) is 0.571. The van der Waals surface area contributed by atoms with Gasteiger partial charge >= 0.3 is 6.09 Å². The van der Waals surface area contributed by atoms with Crippen molar-refractivity contribution in [1.82, 2.24) is 16.2 Å². The van der Waals surface area contributed by atoms with Crippen molar-refractivity contribution in [1.29, 1.82) is 0 Å². The molecule has 0 aromatic carbocycles. The average molecular weight is 203 g/mol. The molecule has 0 spiro atoms. The van der Waals surface area contributed by atoms with E-state index in [1.165, 1.54) is 0 Å². The van der Waals surface area contributed by atoms with Crippen LogP contribution in [0.3, 0.4) is 0 Å². The van der Waals surface area contributed by atoms with E-state index in [4.69, 9.17) is 5.11 Å². The molecule has 0 rings (SSSR count). The van der Waals surface area contributed by atoms with Gasteiger partial charge in [0.15, 0.2) is 0 Å². The summed E-state index contributed by atoms with van der Waals surface area (Å²) in [6.45, 7) is 1.66. The summed E-state index contributed by atoms with van der Waals surface area (Å²) in [4.78, 5) is 31.5. The van der Waals surface area contributed by atoms with Crippen LogP contribution in [0.5, 0.6) is 0 Å². The quantitative estimate of drug-likeness (QED) is 0.448. The molecule has 7 heteroatoms. The van der Waals surface area contributed by atoms with Crippen molar-refractivity contribution in [3.63, 3.8) is 0 Å². The fourth-order valence-electron chi connectivity index (χ4n) is 0.573. The predicted molar refractivity (Wildman–Crippen MR) is 47.2 cm³/mol. The Morgan fingerprint density at radius 1 is 1.14 bits per heavy atom. The molecule has 0 saturated heterocycles. The van der Waals surface area contributed by atoms with E-state index in [1.54, 1.807) is 6.92 Å². The number of amides is 3. The topological polar surface area (TPSA) is 108 Å². The molecule has 4 N–H and O–H groups in total. The SMILES string of the molecule is CCC(=O)NNC(=O)CCNC(=O)O. The largest absolute Gasteiger partial charge is 0.465 e. The lowest BCUT2D eigenvalue weighted by Crippen LogP contribution is -2.42. The normalized spacial score (nSPS) is 8.93. The predicted octanol–water partition coefficient (Wildman–Crippen LogP) is -0.798. The molecular weight excluding hydrogens is 190 g/mol. The molecule has 0 fully saturated rings. The fourth-order valence-corrected chi connectivity index (χ4v) is 0.573. The number of hydrogen-bond acceptors (Lipinski definition) is 3. The van der Waals surface area contributed by atoms with Crippen LogP contribution < -0.4 is 16.2 Å². The number of hydrogen-bond donors (Lipinski definition) is 4. The maximum Gasteiger partial charge on any atom is 0.404 e. The number of rotatable bonds is 4. The Kier molecular flexibility index (Phi) is 5.84. The van der Waals surface area contributed by atoms with Gasteiger partial charge in [-0.05, 0) is 0 Å². The van der Waals surface area contributed by atoms with E-state index in [1.807, 2.05) is 5.32 Å². The van der Waals surface area contributed by atoms with E-state index in [0.717, 1.165) is 0 Å². The number of nitrogens with one attached hydrogen (secondary N) is 3. The van der Waals surface area contributed by atoms with E-state index in [0.29, 0.717) is 0 Å². The summed E-state index contributed by atoms with van der Waals surface area (Å²) in [5.74, 6) is -0.745. The summed E-state index contributed by atoms with van der Waals surface area (Å²) >= 11 is 0. The molecule has 14 heavy (non-hydrogen) atoms. The first-order chi connectivity index (χ1) is 6.56.